The molecule has 1 rings (SSSR count). The van der Waals surface area contributed by atoms with Gasteiger partial charge in [0.2, 0.25) is 0 Å². The lowest BCUT2D eigenvalue weighted by Gasteiger charge is -2.34. The van der Waals surface area contributed by atoms with Crippen LogP contribution in [0, 0.1) is 5.92 Å². The Labute approximate surface area is 87.9 Å². The van der Waals surface area contributed by atoms with E-state index >= 15 is 0 Å². The predicted molar refractivity (Wildman–Crippen MR) is 60.1 cm³/mol. The molecule has 1 unspecified atom stereocenters. The summed E-state index contributed by atoms with van der Waals surface area (Å²) in [4.78, 5) is 0. The smallest absolute Gasteiger partial charge is 0.0797 e. The second kappa shape index (κ2) is 5.72. The highest BCUT2D eigenvalue weighted by molar-refractivity contribution is 4.88. The minimum atomic E-state index is -0.570. The molecule has 84 valence electrons. The SMILES string of the molecule is CCCC(O)(CN)C1CCCCCC1. The summed E-state index contributed by atoms with van der Waals surface area (Å²) in [7, 11) is 0. The van der Waals surface area contributed by atoms with E-state index in [1.807, 2.05) is 0 Å². The molecule has 1 saturated carbocycles. The number of aliphatic hydroxyl groups is 1. The van der Waals surface area contributed by atoms with Gasteiger partial charge in [0.05, 0.1) is 5.60 Å². The van der Waals surface area contributed by atoms with Crippen molar-refractivity contribution >= 4 is 0 Å². The summed E-state index contributed by atoms with van der Waals surface area (Å²) in [5.74, 6) is 0.454. The van der Waals surface area contributed by atoms with Crippen molar-refractivity contribution < 1.29 is 5.11 Å². The first-order valence-corrected chi connectivity index (χ1v) is 6.15. The van der Waals surface area contributed by atoms with Gasteiger partial charge in [0.25, 0.3) is 0 Å². The average molecular weight is 199 g/mol. The Kier molecular flexibility index (Phi) is 4.90. The summed E-state index contributed by atoms with van der Waals surface area (Å²) in [6.45, 7) is 2.56. The molecule has 0 aromatic rings. The van der Waals surface area contributed by atoms with Crippen molar-refractivity contribution in [1.29, 1.82) is 0 Å². The van der Waals surface area contributed by atoms with Gasteiger partial charge < -0.3 is 10.8 Å². The van der Waals surface area contributed by atoms with E-state index in [-0.39, 0.29) is 0 Å². The van der Waals surface area contributed by atoms with E-state index in [0.29, 0.717) is 12.5 Å². The molecule has 0 heterocycles. The van der Waals surface area contributed by atoms with Crippen molar-refractivity contribution in [2.24, 2.45) is 11.7 Å². The zero-order valence-electron chi connectivity index (χ0n) is 9.47. The van der Waals surface area contributed by atoms with Crippen LogP contribution in [0.5, 0.6) is 0 Å². The lowest BCUT2D eigenvalue weighted by molar-refractivity contribution is -0.0245. The van der Waals surface area contributed by atoms with Crippen LogP contribution >= 0.6 is 0 Å². The molecule has 0 radical (unpaired) electrons. The minimum absolute atomic E-state index is 0.436. The maximum absolute atomic E-state index is 10.4. The summed E-state index contributed by atoms with van der Waals surface area (Å²) >= 11 is 0. The molecule has 1 aliphatic carbocycles. The summed E-state index contributed by atoms with van der Waals surface area (Å²) in [6.07, 6.45) is 9.47. The van der Waals surface area contributed by atoms with Crippen LogP contribution in [0.3, 0.4) is 0 Å². The van der Waals surface area contributed by atoms with Crippen molar-refractivity contribution in [1.82, 2.24) is 0 Å². The quantitative estimate of drug-likeness (QED) is 0.683. The van der Waals surface area contributed by atoms with E-state index in [4.69, 9.17) is 5.73 Å². The van der Waals surface area contributed by atoms with Crippen LogP contribution in [0.2, 0.25) is 0 Å². The predicted octanol–water partition coefficient (Wildman–Crippen LogP) is 2.45. The number of hydrogen-bond donors (Lipinski definition) is 2. The molecule has 0 amide bonds. The lowest BCUT2D eigenvalue weighted by atomic mass is 9.79. The van der Waals surface area contributed by atoms with Crippen LogP contribution in [-0.2, 0) is 0 Å². The first-order valence-electron chi connectivity index (χ1n) is 6.15. The van der Waals surface area contributed by atoms with Gasteiger partial charge in [-0.15, -0.1) is 0 Å². The third kappa shape index (κ3) is 2.96. The summed E-state index contributed by atoms with van der Waals surface area (Å²) < 4.78 is 0. The zero-order valence-corrected chi connectivity index (χ0v) is 9.47. The van der Waals surface area contributed by atoms with Gasteiger partial charge in [-0.2, -0.15) is 0 Å². The van der Waals surface area contributed by atoms with E-state index in [9.17, 15) is 5.11 Å². The molecular weight excluding hydrogens is 174 g/mol. The highest BCUT2D eigenvalue weighted by atomic mass is 16.3. The van der Waals surface area contributed by atoms with Crippen LogP contribution in [0.25, 0.3) is 0 Å². The van der Waals surface area contributed by atoms with Gasteiger partial charge >= 0.3 is 0 Å². The van der Waals surface area contributed by atoms with Gasteiger partial charge in [-0.3, -0.25) is 0 Å². The van der Waals surface area contributed by atoms with Crippen molar-refractivity contribution in [3.63, 3.8) is 0 Å². The highest BCUT2D eigenvalue weighted by Gasteiger charge is 2.34. The molecule has 14 heavy (non-hydrogen) atoms. The first kappa shape index (κ1) is 12.0. The third-order valence-corrected chi connectivity index (χ3v) is 3.65. The Morgan fingerprint density at radius 2 is 1.79 bits per heavy atom. The largest absolute Gasteiger partial charge is 0.388 e. The topological polar surface area (TPSA) is 46.2 Å². The Hall–Kier alpha value is -0.0800. The first-order chi connectivity index (χ1) is 6.73. The van der Waals surface area contributed by atoms with Crippen LogP contribution in [0.1, 0.15) is 58.3 Å². The second-order valence-electron chi connectivity index (χ2n) is 4.75. The van der Waals surface area contributed by atoms with E-state index in [1.165, 1.54) is 38.5 Å². The van der Waals surface area contributed by atoms with Gasteiger partial charge in [0.1, 0.15) is 0 Å². The molecule has 0 aliphatic heterocycles. The molecule has 0 spiro atoms. The van der Waals surface area contributed by atoms with E-state index in [0.717, 1.165) is 12.8 Å². The van der Waals surface area contributed by atoms with Crippen molar-refractivity contribution in [3.8, 4) is 0 Å². The average Bonchev–Trinajstić information content (AvgIpc) is 2.46. The van der Waals surface area contributed by atoms with Crippen LogP contribution in [-0.4, -0.2) is 17.3 Å². The Morgan fingerprint density at radius 1 is 1.21 bits per heavy atom. The Bertz CT molecular complexity index is 152. The molecule has 2 heteroatoms. The van der Waals surface area contributed by atoms with Gasteiger partial charge in [0, 0.05) is 6.54 Å². The van der Waals surface area contributed by atoms with Crippen molar-refractivity contribution in [2.45, 2.75) is 63.9 Å². The molecule has 1 atom stereocenters. The molecular formula is C12H25NO. The lowest BCUT2D eigenvalue weighted by Crippen LogP contribution is -2.44. The van der Waals surface area contributed by atoms with E-state index in [2.05, 4.69) is 6.92 Å². The number of rotatable bonds is 4. The molecule has 0 aromatic carbocycles. The summed E-state index contributed by atoms with van der Waals surface area (Å²) in [6, 6.07) is 0. The molecule has 0 saturated heterocycles. The van der Waals surface area contributed by atoms with Crippen molar-refractivity contribution in [2.75, 3.05) is 6.54 Å². The van der Waals surface area contributed by atoms with Gasteiger partial charge in [-0.1, -0.05) is 39.0 Å². The van der Waals surface area contributed by atoms with Crippen molar-refractivity contribution in [3.05, 3.63) is 0 Å². The molecule has 1 aliphatic rings. The zero-order chi connectivity index (χ0) is 10.4. The Morgan fingerprint density at radius 3 is 2.21 bits per heavy atom. The molecule has 2 nitrogen and oxygen atoms in total. The number of nitrogens with two attached hydrogens (primary N) is 1. The van der Waals surface area contributed by atoms with Crippen LogP contribution < -0.4 is 5.73 Å². The fourth-order valence-corrected chi connectivity index (χ4v) is 2.72. The van der Waals surface area contributed by atoms with Gasteiger partial charge in [0.15, 0.2) is 0 Å². The van der Waals surface area contributed by atoms with Crippen LogP contribution in [0.4, 0.5) is 0 Å². The highest BCUT2D eigenvalue weighted by Crippen LogP contribution is 2.33. The maximum atomic E-state index is 10.4. The second-order valence-corrected chi connectivity index (χ2v) is 4.75. The third-order valence-electron chi connectivity index (χ3n) is 3.65. The van der Waals surface area contributed by atoms with Crippen LogP contribution in [0.15, 0.2) is 0 Å². The standard InChI is InChI=1S/C12H25NO/c1-2-9-12(14,10-13)11-7-5-3-4-6-8-11/h11,14H,2-10,13H2,1H3. The van der Waals surface area contributed by atoms with Gasteiger partial charge in [-0.05, 0) is 25.2 Å². The molecule has 0 bridgehead atoms. The monoisotopic (exact) mass is 199 g/mol. The molecule has 0 aromatic heterocycles. The Balaban J connectivity index is 2.56. The molecule has 1 fully saturated rings. The fourth-order valence-electron chi connectivity index (χ4n) is 2.72. The fraction of sp³-hybridized carbons (Fsp3) is 1.00. The van der Waals surface area contributed by atoms with E-state index in [1.54, 1.807) is 0 Å². The van der Waals surface area contributed by atoms with Gasteiger partial charge in [-0.25, -0.2) is 0 Å². The summed E-state index contributed by atoms with van der Waals surface area (Å²) in [5.41, 5.74) is 5.15. The normalized spacial score (nSPS) is 24.2. The number of hydrogen-bond acceptors (Lipinski definition) is 2. The summed E-state index contributed by atoms with van der Waals surface area (Å²) in [5, 5.41) is 10.4. The minimum Gasteiger partial charge on any atom is -0.388 e. The van der Waals surface area contributed by atoms with E-state index < -0.39 is 5.60 Å². The maximum Gasteiger partial charge on any atom is 0.0797 e. The molecule has 3 N–H and O–H groups in total.